The molecule has 11 heavy (non-hydrogen) atoms. The zero-order valence-corrected chi connectivity index (χ0v) is 7.37. The van der Waals surface area contributed by atoms with Crippen LogP contribution in [-0.4, -0.2) is 11.0 Å². The minimum Gasteiger partial charge on any atom is -0.391 e. The number of hydrogen-bond acceptors (Lipinski definition) is 2. The summed E-state index contributed by atoms with van der Waals surface area (Å²) >= 11 is 6.89. The van der Waals surface area contributed by atoms with Crippen LogP contribution in [0.25, 0.3) is 0 Å². The first-order valence-electron chi connectivity index (χ1n) is 3.10. The highest BCUT2D eigenvalue weighted by Crippen LogP contribution is 2.14. The van der Waals surface area contributed by atoms with Crippen molar-refractivity contribution in [3.8, 4) is 11.8 Å². The summed E-state index contributed by atoms with van der Waals surface area (Å²) in [6, 6.07) is 1.88. The van der Waals surface area contributed by atoms with E-state index >= 15 is 0 Å². The zero-order chi connectivity index (χ0) is 8.10. The van der Waals surface area contributed by atoms with Crippen LogP contribution in [0.3, 0.4) is 0 Å². The van der Waals surface area contributed by atoms with Crippen LogP contribution in [0.1, 0.15) is 10.4 Å². The maximum absolute atomic E-state index is 8.82. The molecule has 0 saturated heterocycles. The number of hydrogen-bond donors (Lipinski definition) is 1. The van der Waals surface area contributed by atoms with E-state index in [1.807, 2.05) is 11.4 Å². The summed E-state index contributed by atoms with van der Waals surface area (Å²) < 4.78 is 0. The summed E-state index contributed by atoms with van der Waals surface area (Å²) in [4.78, 5) is 0.905. The van der Waals surface area contributed by atoms with Gasteiger partial charge in [0, 0.05) is 10.4 Å². The van der Waals surface area contributed by atoms with E-state index in [1.165, 1.54) is 11.3 Å². The molecule has 0 fully saturated rings. The van der Waals surface area contributed by atoms with Gasteiger partial charge >= 0.3 is 0 Å². The third-order valence-corrected chi connectivity index (χ3v) is 2.22. The van der Waals surface area contributed by atoms with Crippen LogP contribution in [0.5, 0.6) is 0 Å². The summed E-state index contributed by atoms with van der Waals surface area (Å²) in [5.41, 5.74) is 0.887. The van der Waals surface area contributed by atoms with E-state index in [0.717, 1.165) is 10.4 Å². The third kappa shape index (κ3) is 2.23. The minimum absolute atomic E-state index is 0.0595. The molecule has 1 rings (SSSR count). The summed E-state index contributed by atoms with van der Waals surface area (Å²) in [5.74, 6) is 5.93. The molecular weight excluding hydrogens is 180 g/mol. The van der Waals surface area contributed by atoms with Gasteiger partial charge in [0.05, 0.1) is 12.5 Å². The van der Waals surface area contributed by atoms with Crippen molar-refractivity contribution < 1.29 is 5.11 Å². The normalized spacial score (nSPS) is 8.91. The number of thiophene rings is 1. The zero-order valence-electron chi connectivity index (χ0n) is 5.80. The van der Waals surface area contributed by atoms with E-state index in [4.69, 9.17) is 16.7 Å². The van der Waals surface area contributed by atoms with Crippen molar-refractivity contribution in [3.63, 3.8) is 0 Å². The summed E-state index contributed by atoms with van der Waals surface area (Å²) in [5, 5.41) is 10.7. The van der Waals surface area contributed by atoms with E-state index in [9.17, 15) is 0 Å². The van der Waals surface area contributed by atoms with Gasteiger partial charge in [-0.25, -0.2) is 0 Å². The molecule has 0 amide bonds. The first-order valence-corrected chi connectivity index (χ1v) is 4.52. The quantitative estimate of drug-likeness (QED) is 0.524. The van der Waals surface area contributed by atoms with Crippen molar-refractivity contribution in [2.24, 2.45) is 0 Å². The van der Waals surface area contributed by atoms with Crippen molar-refractivity contribution in [2.45, 2.75) is 6.61 Å². The van der Waals surface area contributed by atoms with Crippen molar-refractivity contribution in [1.82, 2.24) is 0 Å². The molecule has 3 heteroatoms. The summed E-state index contributed by atoms with van der Waals surface area (Å²) in [7, 11) is 0. The molecule has 0 spiro atoms. The average molecular weight is 187 g/mol. The molecule has 0 aliphatic carbocycles. The monoisotopic (exact) mass is 186 g/mol. The van der Waals surface area contributed by atoms with Gasteiger partial charge in [0.1, 0.15) is 0 Å². The van der Waals surface area contributed by atoms with E-state index < -0.39 is 0 Å². The van der Waals surface area contributed by atoms with Gasteiger partial charge in [0.2, 0.25) is 0 Å². The minimum atomic E-state index is 0.0595. The lowest BCUT2D eigenvalue weighted by Gasteiger charge is -1.87. The summed E-state index contributed by atoms with van der Waals surface area (Å²) in [6.45, 7) is 0.0595. The van der Waals surface area contributed by atoms with Crippen LogP contribution in [0, 0.1) is 11.8 Å². The third-order valence-electron chi connectivity index (χ3n) is 1.18. The molecule has 0 aliphatic heterocycles. The molecule has 0 unspecified atom stereocenters. The number of halogens is 1. The number of rotatable bonds is 1. The van der Waals surface area contributed by atoms with Gasteiger partial charge < -0.3 is 5.11 Å². The second-order valence-corrected chi connectivity index (χ2v) is 3.12. The highest BCUT2D eigenvalue weighted by atomic mass is 35.5. The lowest BCUT2D eigenvalue weighted by atomic mass is 10.3. The maximum Gasteiger partial charge on any atom is 0.0839 e. The van der Waals surface area contributed by atoms with Crippen molar-refractivity contribution >= 4 is 22.9 Å². The maximum atomic E-state index is 8.82. The van der Waals surface area contributed by atoms with Gasteiger partial charge in [-0.2, -0.15) is 0 Å². The Morgan fingerprint density at radius 3 is 3.09 bits per heavy atom. The molecular formula is C8H7ClOS. The molecule has 0 aromatic carbocycles. The molecule has 1 aromatic rings. The lowest BCUT2D eigenvalue weighted by Crippen LogP contribution is -1.80. The highest BCUT2D eigenvalue weighted by Gasteiger charge is 1.97. The second-order valence-electron chi connectivity index (χ2n) is 1.85. The fourth-order valence-electron chi connectivity index (χ4n) is 0.703. The van der Waals surface area contributed by atoms with E-state index in [2.05, 4.69) is 11.8 Å². The smallest absolute Gasteiger partial charge is 0.0839 e. The van der Waals surface area contributed by atoms with E-state index in [1.54, 1.807) is 0 Å². The number of alkyl halides is 1. The number of aliphatic hydroxyl groups is 1. The Labute approximate surface area is 74.6 Å². The molecule has 1 nitrogen and oxygen atoms in total. The molecule has 1 aromatic heterocycles. The Kier molecular flexibility index (Phi) is 3.44. The van der Waals surface area contributed by atoms with Gasteiger partial charge in [-0.05, 0) is 11.4 Å². The van der Waals surface area contributed by atoms with Crippen LogP contribution in [0.15, 0.2) is 11.4 Å². The van der Waals surface area contributed by atoms with Crippen molar-refractivity contribution in [2.75, 3.05) is 5.88 Å². The van der Waals surface area contributed by atoms with Crippen LogP contribution in [0.2, 0.25) is 0 Å². The lowest BCUT2D eigenvalue weighted by molar-refractivity contribution is 0.285. The highest BCUT2D eigenvalue weighted by molar-refractivity contribution is 7.10. The first-order chi connectivity index (χ1) is 5.38. The molecule has 0 atom stereocenters. The van der Waals surface area contributed by atoms with Crippen LogP contribution in [0.4, 0.5) is 0 Å². The molecule has 0 radical (unpaired) electrons. The van der Waals surface area contributed by atoms with E-state index in [-0.39, 0.29) is 6.61 Å². The van der Waals surface area contributed by atoms with Gasteiger partial charge in [-0.1, -0.05) is 11.8 Å². The SMILES string of the molecule is OCc1sccc1C#CCCl. The Morgan fingerprint density at radius 2 is 2.45 bits per heavy atom. The summed E-state index contributed by atoms with van der Waals surface area (Å²) in [6.07, 6.45) is 0. The van der Waals surface area contributed by atoms with E-state index in [0.29, 0.717) is 5.88 Å². The Hall–Kier alpha value is -0.490. The van der Waals surface area contributed by atoms with Crippen LogP contribution >= 0.6 is 22.9 Å². The molecule has 0 bridgehead atoms. The Morgan fingerprint density at radius 1 is 1.64 bits per heavy atom. The predicted octanol–water partition coefficient (Wildman–Crippen LogP) is 1.83. The number of aliphatic hydroxyl groups excluding tert-OH is 1. The first kappa shape index (κ1) is 8.61. The predicted molar refractivity (Wildman–Crippen MR) is 47.8 cm³/mol. The van der Waals surface area contributed by atoms with Gasteiger partial charge in [-0.3, -0.25) is 0 Å². The van der Waals surface area contributed by atoms with Gasteiger partial charge in [-0.15, -0.1) is 22.9 Å². The van der Waals surface area contributed by atoms with Gasteiger partial charge in [0.25, 0.3) is 0 Å². The standard InChI is InChI=1S/C8H7ClOS/c9-4-1-2-7-3-5-11-8(7)6-10/h3,5,10H,4,6H2. The van der Waals surface area contributed by atoms with Crippen molar-refractivity contribution in [1.29, 1.82) is 0 Å². The average Bonchev–Trinajstić information content (AvgIpc) is 2.47. The molecule has 1 heterocycles. The molecule has 0 aliphatic rings. The molecule has 58 valence electrons. The Balaban J connectivity index is 2.84. The van der Waals surface area contributed by atoms with Crippen molar-refractivity contribution in [3.05, 3.63) is 21.9 Å². The fourth-order valence-corrected chi connectivity index (χ4v) is 1.46. The Bertz CT molecular complexity index is 282. The fraction of sp³-hybridized carbons (Fsp3) is 0.250. The largest absolute Gasteiger partial charge is 0.391 e. The molecule has 1 N–H and O–H groups in total. The molecule has 0 saturated carbocycles. The van der Waals surface area contributed by atoms with Crippen LogP contribution < -0.4 is 0 Å². The topological polar surface area (TPSA) is 20.2 Å². The second kappa shape index (κ2) is 4.40. The van der Waals surface area contributed by atoms with Crippen LogP contribution in [-0.2, 0) is 6.61 Å². The van der Waals surface area contributed by atoms with Gasteiger partial charge in [0.15, 0.2) is 0 Å².